The van der Waals surface area contributed by atoms with Crippen LogP contribution in [0.4, 0.5) is 0 Å². The van der Waals surface area contributed by atoms with E-state index < -0.39 is 11.3 Å². The number of hydrogen-bond acceptors (Lipinski definition) is 7. The Bertz CT molecular complexity index is 800. The number of phenols is 1. The molecule has 27 heavy (non-hydrogen) atoms. The van der Waals surface area contributed by atoms with E-state index in [0.717, 1.165) is 16.7 Å². The summed E-state index contributed by atoms with van der Waals surface area (Å²) >= 11 is 0. The Morgan fingerprint density at radius 2 is 2.04 bits per heavy atom. The molecule has 0 radical (unpaired) electrons. The minimum atomic E-state index is -1.07. The standard InChI is InChI=1S/C18H27N5O4/c1-10-12-8-18(5,6-7-26-17(3,4)23-25)27-15(12)11(2)13(14(10)24)9-21-22-16(19)20/h9,24H,6-8H2,1-5H3,(H4,19,20,22)/b21-9+. The van der Waals surface area contributed by atoms with Crippen molar-refractivity contribution in [3.05, 3.63) is 27.2 Å². The molecule has 0 amide bonds. The summed E-state index contributed by atoms with van der Waals surface area (Å²) in [4.78, 5) is 10.7. The van der Waals surface area contributed by atoms with Gasteiger partial charge in [0.25, 0.3) is 0 Å². The number of ether oxygens (including phenoxy) is 2. The quantitative estimate of drug-likeness (QED) is 0.287. The highest BCUT2D eigenvalue weighted by molar-refractivity contribution is 5.89. The third kappa shape index (κ3) is 4.54. The summed E-state index contributed by atoms with van der Waals surface area (Å²) in [5.74, 6) is 0.667. The van der Waals surface area contributed by atoms with E-state index in [2.05, 4.69) is 15.4 Å². The molecule has 0 spiro atoms. The molecule has 5 N–H and O–H groups in total. The molecule has 0 saturated heterocycles. The fourth-order valence-electron chi connectivity index (χ4n) is 3.04. The number of nitrogens with two attached hydrogens (primary N) is 2. The first-order valence-electron chi connectivity index (χ1n) is 8.64. The fraction of sp³-hybridized carbons (Fsp3) is 0.556. The van der Waals surface area contributed by atoms with Gasteiger partial charge in [-0.15, -0.1) is 10.0 Å². The van der Waals surface area contributed by atoms with Gasteiger partial charge in [0.15, 0.2) is 5.72 Å². The van der Waals surface area contributed by atoms with Crippen molar-refractivity contribution in [1.29, 1.82) is 0 Å². The zero-order chi connectivity index (χ0) is 20.4. The van der Waals surface area contributed by atoms with E-state index in [0.29, 0.717) is 30.8 Å². The van der Waals surface area contributed by atoms with Gasteiger partial charge >= 0.3 is 0 Å². The van der Waals surface area contributed by atoms with Crippen LogP contribution in [-0.4, -0.2) is 35.2 Å². The van der Waals surface area contributed by atoms with Gasteiger partial charge in [0.2, 0.25) is 5.96 Å². The predicted molar refractivity (Wildman–Crippen MR) is 104 cm³/mol. The van der Waals surface area contributed by atoms with E-state index in [1.54, 1.807) is 13.8 Å². The number of guanidine groups is 1. The number of nitrogens with zero attached hydrogens (tertiary/aromatic N) is 3. The van der Waals surface area contributed by atoms with Gasteiger partial charge in [-0.2, -0.15) is 5.10 Å². The van der Waals surface area contributed by atoms with E-state index in [4.69, 9.17) is 20.9 Å². The number of phenolic OH excluding ortho intramolecular Hbond substituents is 1. The van der Waals surface area contributed by atoms with Crippen LogP contribution in [0.25, 0.3) is 0 Å². The Hall–Kier alpha value is -2.68. The van der Waals surface area contributed by atoms with Crippen LogP contribution in [0, 0.1) is 18.8 Å². The zero-order valence-electron chi connectivity index (χ0n) is 16.4. The highest BCUT2D eigenvalue weighted by Gasteiger charge is 2.38. The molecule has 0 saturated carbocycles. The molecule has 1 aliphatic rings. The van der Waals surface area contributed by atoms with Crippen LogP contribution in [0.15, 0.2) is 15.4 Å². The Morgan fingerprint density at radius 3 is 2.63 bits per heavy atom. The molecule has 0 bridgehead atoms. The lowest BCUT2D eigenvalue weighted by molar-refractivity contribution is -0.0357. The van der Waals surface area contributed by atoms with Crippen molar-refractivity contribution in [2.24, 2.45) is 26.8 Å². The largest absolute Gasteiger partial charge is 0.507 e. The average Bonchev–Trinajstić information content (AvgIpc) is 2.94. The lowest BCUT2D eigenvalue weighted by atomic mass is 9.91. The molecule has 0 fully saturated rings. The smallest absolute Gasteiger partial charge is 0.211 e. The van der Waals surface area contributed by atoms with Crippen molar-refractivity contribution >= 4 is 12.2 Å². The summed E-state index contributed by atoms with van der Waals surface area (Å²) < 4.78 is 11.8. The van der Waals surface area contributed by atoms with Gasteiger partial charge in [-0.25, -0.2) is 0 Å². The molecular formula is C18H27N5O4. The Balaban J connectivity index is 2.26. The van der Waals surface area contributed by atoms with Crippen LogP contribution in [0.1, 0.15) is 49.4 Å². The summed E-state index contributed by atoms with van der Waals surface area (Å²) in [6.45, 7) is 9.20. The maximum absolute atomic E-state index is 10.7. The normalized spacial score (nSPS) is 19.0. The molecule has 9 nitrogen and oxygen atoms in total. The highest BCUT2D eigenvalue weighted by atomic mass is 16.5. The summed E-state index contributed by atoms with van der Waals surface area (Å²) in [5.41, 5.74) is 11.9. The molecule has 1 heterocycles. The molecule has 1 aliphatic heterocycles. The van der Waals surface area contributed by atoms with Crippen molar-refractivity contribution in [3.8, 4) is 11.5 Å². The maximum atomic E-state index is 10.7. The van der Waals surface area contributed by atoms with Gasteiger partial charge in [0.1, 0.15) is 17.1 Å². The minimum Gasteiger partial charge on any atom is -0.507 e. The molecular weight excluding hydrogens is 350 g/mol. The summed E-state index contributed by atoms with van der Waals surface area (Å²) in [6.07, 6.45) is 2.59. The van der Waals surface area contributed by atoms with Gasteiger partial charge in [0, 0.05) is 29.5 Å². The molecule has 9 heteroatoms. The first kappa shape index (κ1) is 20.6. The SMILES string of the molecule is Cc1c(O)c(/C=N/N=C(N)N)c(C)c2c1CC(C)(CCOC(C)(C)N=O)O2. The fourth-order valence-corrected chi connectivity index (χ4v) is 3.04. The number of nitroso groups, excluding NO2 is 1. The summed E-state index contributed by atoms with van der Waals surface area (Å²) in [5, 5.41) is 20.9. The van der Waals surface area contributed by atoms with Gasteiger partial charge in [-0.3, -0.25) is 0 Å². The molecule has 1 atom stereocenters. The lowest BCUT2D eigenvalue weighted by Crippen LogP contribution is -2.33. The van der Waals surface area contributed by atoms with Gasteiger partial charge in [-0.1, -0.05) is 0 Å². The number of rotatable bonds is 7. The monoisotopic (exact) mass is 377 g/mol. The van der Waals surface area contributed by atoms with Gasteiger partial charge in [-0.05, 0) is 45.4 Å². The number of hydrogen-bond donors (Lipinski definition) is 3. The third-order valence-electron chi connectivity index (χ3n) is 4.65. The first-order chi connectivity index (χ1) is 12.5. The van der Waals surface area contributed by atoms with Crippen molar-refractivity contribution in [2.75, 3.05) is 6.61 Å². The number of benzene rings is 1. The summed E-state index contributed by atoms with van der Waals surface area (Å²) in [6, 6.07) is 0. The minimum absolute atomic E-state index is 0.121. The van der Waals surface area contributed by atoms with E-state index in [9.17, 15) is 10.0 Å². The molecule has 0 aliphatic carbocycles. The van der Waals surface area contributed by atoms with Crippen molar-refractivity contribution in [1.82, 2.24) is 0 Å². The predicted octanol–water partition coefficient (Wildman–Crippen LogP) is 2.22. The molecule has 1 aromatic carbocycles. The van der Waals surface area contributed by atoms with Crippen molar-refractivity contribution in [2.45, 2.75) is 58.8 Å². The molecule has 2 rings (SSSR count). The molecule has 1 aromatic rings. The van der Waals surface area contributed by atoms with E-state index >= 15 is 0 Å². The van der Waals surface area contributed by atoms with Crippen molar-refractivity contribution < 1.29 is 14.6 Å². The van der Waals surface area contributed by atoms with Crippen molar-refractivity contribution in [3.63, 3.8) is 0 Å². The van der Waals surface area contributed by atoms with Crippen LogP contribution in [-0.2, 0) is 11.2 Å². The summed E-state index contributed by atoms with van der Waals surface area (Å²) in [7, 11) is 0. The van der Waals surface area contributed by atoms with Crippen LogP contribution < -0.4 is 16.2 Å². The van der Waals surface area contributed by atoms with Crippen LogP contribution >= 0.6 is 0 Å². The van der Waals surface area contributed by atoms with Gasteiger partial charge in [0.05, 0.1) is 12.8 Å². The second-order valence-electron chi connectivity index (χ2n) is 7.45. The van der Waals surface area contributed by atoms with E-state index in [1.165, 1.54) is 6.21 Å². The molecule has 0 aromatic heterocycles. The second-order valence-corrected chi connectivity index (χ2v) is 7.45. The zero-order valence-corrected chi connectivity index (χ0v) is 16.4. The maximum Gasteiger partial charge on any atom is 0.211 e. The first-order valence-corrected chi connectivity index (χ1v) is 8.64. The Morgan fingerprint density at radius 1 is 1.37 bits per heavy atom. The average molecular weight is 377 g/mol. The highest BCUT2D eigenvalue weighted by Crippen LogP contribution is 2.45. The Kier molecular flexibility index (Phi) is 5.74. The van der Waals surface area contributed by atoms with Crippen LogP contribution in [0.5, 0.6) is 11.5 Å². The number of aromatic hydroxyl groups is 1. The lowest BCUT2D eigenvalue weighted by Gasteiger charge is -2.26. The molecule has 1 unspecified atom stereocenters. The van der Waals surface area contributed by atoms with E-state index in [1.807, 2.05) is 20.8 Å². The second kappa shape index (κ2) is 7.51. The topological polar surface area (TPSA) is 145 Å². The molecule has 148 valence electrons. The number of fused-ring (bicyclic) bond motifs is 1. The van der Waals surface area contributed by atoms with Crippen LogP contribution in [0.3, 0.4) is 0 Å². The van der Waals surface area contributed by atoms with E-state index in [-0.39, 0.29) is 11.7 Å². The third-order valence-corrected chi connectivity index (χ3v) is 4.65. The van der Waals surface area contributed by atoms with Gasteiger partial charge < -0.3 is 26.0 Å². The Labute approximate surface area is 158 Å². The van der Waals surface area contributed by atoms with Crippen LogP contribution in [0.2, 0.25) is 0 Å².